The summed E-state index contributed by atoms with van der Waals surface area (Å²) in [5, 5.41) is 80.7. The van der Waals surface area contributed by atoms with Gasteiger partial charge in [-0.15, -0.1) is 0 Å². The van der Waals surface area contributed by atoms with Crippen molar-refractivity contribution < 1.29 is 74.1 Å². The van der Waals surface area contributed by atoms with Crippen LogP contribution in [0.15, 0.2) is 23.5 Å². The lowest BCUT2D eigenvalue weighted by Crippen LogP contribution is -2.61. The lowest BCUT2D eigenvalue weighted by Gasteiger charge is -2.43. The van der Waals surface area contributed by atoms with Crippen LogP contribution in [0, 0.1) is 17.8 Å². The Morgan fingerprint density at radius 1 is 0.857 bits per heavy atom. The van der Waals surface area contributed by atoms with E-state index >= 15 is 0 Å². The molecule has 0 saturated carbocycles. The fourth-order valence-electron chi connectivity index (χ4n) is 5.58. The predicted octanol–water partition coefficient (Wildman–Crippen LogP) is -2.99. The molecule has 0 aromatic heterocycles. The molecule has 0 aromatic rings. The Labute approximate surface area is 242 Å². The third-order valence-electron chi connectivity index (χ3n) is 7.98. The molecule has 0 bridgehead atoms. The van der Waals surface area contributed by atoms with Crippen LogP contribution in [-0.2, 0) is 33.2 Å². The predicted molar refractivity (Wildman–Crippen MR) is 138 cm³/mol. The molecule has 13 unspecified atom stereocenters. The highest BCUT2D eigenvalue weighted by Gasteiger charge is 2.48. The van der Waals surface area contributed by atoms with Gasteiger partial charge in [0, 0.05) is 12.3 Å². The van der Waals surface area contributed by atoms with Gasteiger partial charge in [0.1, 0.15) is 48.8 Å². The number of rotatable bonds is 11. The van der Waals surface area contributed by atoms with E-state index < -0.39 is 92.8 Å². The quantitative estimate of drug-likeness (QED) is 0.0865. The molecule has 3 heterocycles. The van der Waals surface area contributed by atoms with E-state index in [1.165, 1.54) is 6.26 Å². The Morgan fingerprint density at radius 3 is 2.10 bits per heavy atom. The summed E-state index contributed by atoms with van der Waals surface area (Å²) in [5.74, 6) is -1.01. The molecule has 4 rings (SSSR count). The second-order valence-electron chi connectivity index (χ2n) is 11.4. The van der Waals surface area contributed by atoms with Crippen LogP contribution in [0.5, 0.6) is 0 Å². The minimum atomic E-state index is -1.70. The molecule has 0 amide bonds. The fraction of sp³-hybridized carbons (Fsp3) is 0.815. The number of aliphatic hydroxyl groups is 8. The van der Waals surface area contributed by atoms with Crippen LogP contribution >= 0.6 is 0 Å². The first-order valence-corrected chi connectivity index (χ1v) is 14.0. The molecule has 0 spiro atoms. The summed E-state index contributed by atoms with van der Waals surface area (Å²) in [6.45, 7) is 2.25. The maximum absolute atomic E-state index is 12.3. The number of hydrogen-bond acceptors (Lipinski definition) is 15. The van der Waals surface area contributed by atoms with Crippen LogP contribution < -0.4 is 0 Å². The van der Waals surface area contributed by atoms with Crippen LogP contribution in [0.2, 0.25) is 0 Å². The zero-order valence-electron chi connectivity index (χ0n) is 23.4. The second-order valence-corrected chi connectivity index (χ2v) is 11.4. The SMILES string of the molecule is CC(C)CC(=O)OC1OC=C(COC2OC(COC3OC(CO)C(O)C(O)C3O)C(O)C(O)C2O)C2CC=C(CO)C12. The molecule has 15 heteroatoms. The van der Waals surface area contributed by atoms with Crippen molar-refractivity contribution in [2.45, 2.75) is 94.4 Å². The number of carbonyl (C=O) groups is 1. The summed E-state index contributed by atoms with van der Waals surface area (Å²) in [6, 6.07) is 0. The summed E-state index contributed by atoms with van der Waals surface area (Å²) in [5.41, 5.74) is 1.28. The monoisotopic (exact) mass is 606 g/mol. The molecule has 8 N–H and O–H groups in total. The minimum Gasteiger partial charge on any atom is -0.462 e. The van der Waals surface area contributed by atoms with Crippen molar-refractivity contribution in [2.24, 2.45) is 17.8 Å². The van der Waals surface area contributed by atoms with Gasteiger partial charge < -0.3 is 69.3 Å². The number of aliphatic hydroxyl groups excluding tert-OH is 8. The van der Waals surface area contributed by atoms with E-state index in [0.29, 0.717) is 17.6 Å². The summed E-state index contributed by atoms with van der Waals surface area (Å²) >= 11 is 0. The molecule has 15 nitrogen and oxygen atoms in total. The number of allylic oxidation sites excluding steroid dienone is 1. The summed E-state index contributed by atoms with van der Waals surface area (Å²) in [6.07, 6.45) is -12.3. The molecule has 13 atom stereocenters. The molecule has 1 aliphatic carbocycles. The van der Waals surface area contributed by atoms with Crippen molar-refractivity contribution in [1.29, 1.82) is 0 Å². The topological polar surface area (TPSA) is 234 Å². The van der Waals surface area contributed by atoms with Crippen molar-refractivity contribution in [3.8, 4) is 0 Å². The largest absolute Gasteiger partial charge is 0.462 e. The van der Waals surface area contributed by atoms with Crippen molar-refractivity contribution in [3.63, 3.8) is 0 Å². The molecule has 0 aromatic carbocycles. The Hall–Kier alpha value is -1.73. The third kappa shape index (κ3) is 7.14. The van der Waals surface area contributed by atoms with E-state index in [0.717, 1.165) is 0 Å². The van der Waals surface area contributed by atoms with Gasteiger partial charge in [0.2, 0.25) is 6.29 Å². The summed E-state index contributed by atoms with van der Waals surface area (Å²) in [7, 11) is 0. The molecule has 3 aliphatic heterocycles. The summed E-state index contributed by atoms with van der Waals surface area (Å²) in [4.78, 5) is 12.3. The zero-order chi connectivity index (χ0) is 30.7. The first kappa shape index (κ1) is 33.2. The van der Waals surface area contributed by atoms with Gasteiger partial charge in [-0.2, -0.15) is 0 Å². The first-order chi connectivity index (χ1) is 20.0. The highest BCUT2D eigenvalue weighted by molar-refractivity contribution is 5.69. The van der Waals surface area contributed by atoms with Crippen molar-refractivity contribution in [1.82, 2.24) is 0 Å². The lowest BCUT2D eigenvalue weighted by molar-refractivity contribution is -0.330. The number of ether oxygens (including phenoxy) is 6. The maximum Gasteiger partial charge on any atom is 0.309 e. The van der Waals surface area contributed by atoms with Crippen LogP contribution in [0.4, 0.5) is 0 Å². The van der Waals surface area contributed by atoms with Gasteiger partial charge in [-0.3, -0.25) is 4.79 Å². The smallest absolute Gasteiger partial charge is 0.309 e. The van der Waals surface area contributed by atoms with Crippen LogP contribution in [0.1, 0.15) is 26.7 Å². The second kappa shape index (κ2) is 14.4. The van der Waals surface area contributed by atoms with E-state index in [1.54, 1.807) is 0 Å². The van der Waals surface area contributed by atoms with Gasteiger partial charge in [-0.1, -0.05) is 19.9 Å². The van der Waals surface area contributed by atoms with Crippen molar-refractivity contribution in [3.05, 3.63) is 23.5 Å². The average Bonchev–Trinajstić information content (AvgIpc) is 3.40. The third-order valence-corrected chi connectivity index (χ3v) is 7.98. The van der Waals surface area contributed by atoms with Gasteiger partial charge in [0.15, 0.2) is 12.6 Å². The van der Waals surface area contributed by atoms with E-state index in [4.69, 9.17) is 28.4 Å². The van der Waals surface area contributed by atoms with Gasteiger partial charge in [-0.25, -0.2) is 0 Å². The molecule has 2 fully saturated rings. The van der Waals surface area contributed by atoms with E-state index in [1.807, 2.05) is 19.9 Å². The Balaban J connectivity index is 1.37. The van der Waals surface area contributed by atoms with Crippen LogP contribution in [0.3, 0.4) is 0 Å². The Morgan fingerprint density at radius 2 is 1.48 bits per heavy atom. The van der Waals surface area contributed by atoms with Crippen molar-refractivity contribution in [2.75, 3.05) is 26.4 Å². The number of carbonyl (C=O) groups excluding carboxylic acids is 1. The van der Waals surface area contributed by atoms with Crippen LogP contribution in [-0.4, -0.2) is 141 Å². The highest BCUT2D eigenvalue weighted by Crippen LogP contribution is 2.43. The number of fused-ring (bicyclic) bond motifs is 1. The molecule has 42 heavy (non-hydrogen) atoms. The van der Waals surface area contributed by atoms with Crippen LogP contribution in [0.25, 0.3) is 0 Å². The Bertz CT molecular complexity index is 969. The zero-order valence-corrected chi connectivity index (χ0v) is 23.4. The molecule has 4 aliphatic rings. The van der Waals surface area contributed by atoms with Gasteiger partial charge >= 0.3 is 5.97 Å². The van der Waals surface area contributed by atoms with Gasteiger partial charge in [-0.05, 0) is 23.5 Å². The van der Waals surface area contributed by atoms with Gasteiger partial charge in [0.25, 0.3) is 0 Å². The fourth-order valence-corrected chi connectivity index (χ4v) is 5.58. The molecule has 2 saturated heterocycles. The number of esters is 1. The first-order valence-electron chi connectivity index (χ1n) is 14.0. The van der Waals surface area contributed by atoms with Gasteiger partial charge in [0.05, 0.1) is 38.6 Å². The highest BCUT2D eigenvalue weighted by atomic mass is 16.7. The van der Waals surface area contributed by atoms with Crippen molar-refractivity contribution >= 4 is 5.97 Å². The molecule has 240 valence electrons. The summed E-state index contributed by atoms with van der Waals surface area (Å²) < 4.78 is 33.4. The van der Waals surface area contributed by atoms with E-state index in [-0.39, 0.29) is 31.5 Å². The molecule has 0 radical (unpaired) electrons. The molecular formula is C27H42O15. The van der Waals surface area contributed by atoms with E-state index in [2.05, 4.69) is 0 Å². The van der Waals surface area contributed by atoms with E-state index in [9.17, 15) is 45.6 Å². The average molecular weight is 607 g/mol. The minimum absolute atomic E-state index is 0.0926. The maximum atomic E-state index is 12.3. The number of hydrogen-bond donors (Lipinski definition) is 8. The standard InChI is InChI=1S/C27H42O15/c1-11(2)5-17(30)42-25-18-12(6-28)3-4-14(18)13(8-37-25)9-38-26-24(36)22(34)20(32)16(41-26)10-39-27-23(35)21(33)19(31)15(7-29)40-27/h3,8,11,14-16,18-29,31-36H,4-7,9-10H2,1-2H3. The normalized spacial score (nSPS) is 42.0. The molecular weight excluding hydrogens is 564 g/mol. The lowest BCUT2D eigenvalue weighted by atomic mass is 9.84. The Kier molecular flexibility index (Phi) is 11.3.